The van der Waals surface area contributed by atoms with Crippen molar-refractivity contribution in [2.45, 2.75) is 38.8 Å². The van der Waals surface area contributed by atoms with E-state index in [-0.39, 0.29) is 11.9 Å². The number of halogens is 1. The van der Waals surface area contributed by atoms with E-state index >= 15 is 0 Å². The maximum absolute atomic E-state index is 12.0. The summed E-state index contributed by atoms with van der Waals surface area (Å²) in [5, 5.41) is 3.01. The molecule has 2 rings (SSSR count). The van der Waals surface area contributed by atoms with Crippen molar-refractivity contribution in [3.63, 3.8) is 0 Å². The van der Waals surface area contributed by atoms with Crippen LogP contribution in [0.1, 0.15) is 32.3 Å². The van der Waals surface area contributed by atoms with Crippen molar-refractivity contribution in [3.05, 3.63) is 34.9 Å². The van der Waals surface area contributed by atoms with Crippen LogP contribution < -0.4 is 5.32 Å². The fourth-order valence-corrected chi connectivity index (χ4v) is 2.77. The number of nitrogens with one attached hydrogen (secondary N) is 1. The lowest BCUT2D eigenvalue weighted by atomic mass is 9.91. The zero-order valence-electron chi connectivity index (χ0n) is 11.1. The van der Waals surface area contributed by atoms with E-state index in [1.165, 1.54) is 0 Å². The fraction of sp³-hybridized carbons (Fsp3) is 0.429. The van der Waals surface area contributed by atoms with Crippen LogP contribution in [-0.2, 0) is 11.3 Å². The number of carbonyl (C=O) groups excluding carboxylic acids is 2. The molecule has 4 nitrogen and oxygen atoms in total. The third-order valence-electron chi connectivity index (χ3n) is 3.86. The summed E-state index contributed by atoms with van der Waals surface area (Å²) in [7, 11) is 0. The molecule has 1 aromatic carbocycles. The maximum Gasteiger partial charge on any atom is 0.325 e. The lowest BCUT2D eigenvalue weighted by Crippen LogP contribution is -2.48. The molecule has 19 heavy (non-hydrogen) atoms. The molecule has 0 aromatic heterocycles. The Balaban J connectivity index is 2.34. The molecule has 1 heterocycles. The quantitative estimate of drug-likeness (QED) is 0.862. The smallest absolute Gasteiger partial charge is 0.305 e. The van der Waals surface area contributed by atoms with E-state index in [9.17, 15) is 9.59 Å². The standard InChI is InChI=1S/C14H17ClN2O2/c1-3-14(4-2)12(18)16-13(19)17(14)9-10-7-5-6-8-11(10)15/h5-8H,3-4,9H2,1-2H3,(H,16,18,19). The molecule has 0 atom stereocenters. The van der Waals surface area contributed by atoms with E-state index in [0.717, 1.165) is 5.56 Å². The summed E-state index contributed by atoms with van der Waals surface area (Å²) in [5.74, 6) is -0.213. The van der Waals surface area contributed by atoms with Gasteiger partial charge in [0.2, 0.25) is 0 Å². The number of carbonyl (C=O) groups is 2. The van der Waals surface area contributed by atoms with Crippen molar-refractivity contribution in [2.75, 3.05) is 0 Å². The van der Waals surface area contributed by atoms with Crippen molar-refractivity contribution in [2.24, 2.45) is 0 Å². The summed E-state index contributed by atoms with van der Waals surface area (Å²) >= 11 is 6.12. The van der Waals surface area contributed by atoms with Crippen LogP contribution in [0.4, 0.5) is 4.79 Å². The molecule has 3 amide bonds. The number of amides is 3. The molecular weight excluding hydrogens is 264 g/mol. The lowest BCUT2D eigenvalue weighted by Gasteiger charge is -2.33. The predicted octanol–water partition coefficient (Wildman–Crippen LogP) is 2.95. The largest absolute Gasteiger partial charge is 0.325 e. The van der Waals surface area contributed by atoms with Crippen molar-refractivity contribution >= 4 is 23.5 Å². The van der Waals surface area contributed by atoms with Crippen molar-refractivity contribution < 1.29 is 9.59 Å². The second kappa shape index (κ2) is 5.21. The summed E-state index contributed by atoms with van der Waals surface area (Å²) < 4.78 is 0. The topological polar surface area (TPSA) is 49.4 Å². The highest BCUT2D eigenvalue weighted by Crippen LogP contribution is 2.31. The van der Waals surface area contributed by atoms with Gasteiger partial charge in [0, 0.05) is 11.6 Å². The van der Waals surface area contributed by atoms with Gasteiger partial charge in [-0.05, 0) is 24.5 Å². The number of hydrogen-bond donors (Lipinski definition) is 1. The minimum Gasteiger partial charge on any atom is -0.305 e. The minimum absolute atomic E-state index is 0.213. The molecular formula is C14H17ClN2O2. The van der Waals surface area contributed by atoms with Crippen molar-refractivity contribution in [1.29, 1.82) is 0 Å². The van der Waals surface area contributed by atoms with Gasteiger partial charge in [-0.1, -0.05) is 43.6 Å². The van der Waals surface area contributed by atoms with Crippen LogP contribution in [0.3, 0.4) is 0 Å². The van der Waals surface area contributed by atoms with E-state index in [1.807, 2.05) is 32.0 Å². The molecule has 0 radical (unpaired) electrons. The molecule has 1 N–H and O–H groups in total. The molecule has 1 aliphatic rings. The first-order valence-electron chi connectivity index (χ1n) is 6.41. The first kappa shape index (κ1) is 13.9. The fourth-order valence-electron chi connectivity index (χ4n) is 2.57. The van der Waals surface area contributed by atoms with E-state index in [2.05, 4.69) is 5.32 Å². The highest BCUT2D eigenvalue weighted by Gasteiger charge is 2.50. The normalized spacial score (nSPS) is 17.7. The van der Waals surface area contributed by atoms with Crippen molar-refractivity contribution in [1.82, 2.24) is 10.2 Å². The summed E-state index contributed by atoms with van der Waals surface area (Å²) in [5.41, 5.74) is 0.0938. The Hall–Kier alpha value is -1.55. The molecule has 1 aliphatic heterocycles. The van der Waals surface area contributed by atoms with Gasteiger partial charge in [-0.2, -0.15) is 0 Å². The van der Waals surface area contributed by atoms with Crippen LogP contribution in [0.25, 0.3) is 0 Å². The number of imide groups is 1. The first-order chi connectivity index (χ1) is 9.05. The van der Waals surface area contributed by atoms with Gasteiger partial charge in [0.15, 0.2) is 0 Å². The molecule has 0 spiro atoms. The maximum atomic E-state index is 12.0. The highest BCUT2D eigenvalue weighted by molar-refractivity contribution is 6.31. The second-order valence-corrected chi connectivity index (χ2v) is 5.08. The molecule has 0 bridgehead atoms. The SMILES string of the molecule is CCC1(CC)C(=O)NC(=O)N1Cc1ccccc1Cl. The van der Waals surface area contributed by atoms with Crippen LogP contribution in [-0.4, -0.2) is 22.4 Å². The van der Waals surface area contributed by atoms with Crippen LogP contribution in [0.15, 0.2) is 24.3 Å². The molecule has 1 fully saturated rings. The Morgan fingerprint density at radius 3 is 2.42 bits per heavy atom. The predicted molar refractivity (Wildman–Crippen MR) is 73.8 cm³/mol. The molecule has 0 aliphatic carbocycles. The van der Waals surface area contributed by atoms with Crippen LogP contribution in [0.2, 0.25) is 5.02 Å². The summed E-state index contributed by atoms with van der Waals surface area (Å²) in [4.78, 5) is 25.6. The average molecular weight is 281 g/mol. The van der Waals surface area contributed by atoms with Gasteiger partial charge < -0.3 is 4.90 Å². The van der Waals surface area contributed by atoms with Gasteiger partial charge in [0.05, 0.1) is 0 Å². The minimum atomic E-state index is -0.754. The Bertz CT molecular complexity index is 512. The van der Waals surface area contributed by atoms with E-state index in [1.54, 1.807) is 11.0 Å². The average Bonchev–Trinajstić information content (AvgIpc) is 2.64. The van der Waals surface area contributed by atoms with Crippen LogP contribution >= 0.6 is 11.6 Å². The monoisotopic (exact) mass is 280 g/mol. The lowest BCUT2D eigenvalue weighted by molar-refractivity contribution is -0.127. The number of rotatable bonds is 4. The molecule has 0 unspecified atom stereocenters. The van der Waals surface area contributed by atoms with E-state index in [0.29, 0.717) is 24.4 Å². The number of nitrogens with zero attached hydrogens (tertiary/aromatic N) is 1. The van der Waals surface area contributed by atoms with E-state index in [4.69, 9.17) is 11.6 Å². The van der Waals surface area contributed by atoms with Gasteiger partial charge in [0.25, 0.3) is 5.91 Å². The van der Waals surface area contributed by atoms with Gasteiger partial charge in [0.1, 0.15) is 5.54 Å². The summed E-state index contributed by atoms with van der Waals surface area (Å²) in [6.07, 6.45) is 1.18. The van der Waals surface area contributed by atoms with Crippen LogP contribution in [0, 0.1) is 0 Å². The zero-order valence-corrected chi connectivity index (χ0v) is 11.8. The first-order valence-corrected chi connectivity index (χ1v) is 6.79. The second-order valence-electron chi connectivity index (χ2n) is 4.68. The Morgan fingerprint density at radius 1 is 1.21 bits per heavy atom. The molecule has 0 saturated carbocycles. The highest BCUT2D eigenvalue weighted by atomic mass is 35.5. The third-order valence-corrected chi connectivity index (χ3v) is 4.23. The van der Waals surface area contributed by atoms with Gasteiger partial charge >= 0.3 is 6.03 Å². The number of urea groups is 1. The van der Waals surface area contributed by atoms with Crippen LogP contribution in [0.5, 0.6) is 0 Å². The summed E-state index contributed by atoms with van der Waals surface area (Å²) in [6, 6.07) is 7.03. The van der Waals surface area contributed by atoms with E-state index < -0.39 is 5.54 Å². The molecule has 1 saturated heterocycles. The third kappa shape index (κ3) is 2.21. The molecule has 102 valence electrons. The van der Waals surface area contributed by atoms with Gasteiger partial charge in [-0.15, -0.1) is 0 Å². The van der Waals surface area contributed by atoms with Gasteiger partial charge in [-0.3, -0.25) is 10.1 Å². The Morgan fingerprint density at radius 2 is 1.84 bits per heavy atom. The summed E-state index contributed by atoms with van der Waals surface area (Å²) in [6.45, 7) is 4.18. The molecule has 5 heteroatoms. The Kier molecular flexibility index (Phi) is 3.80. The number of hydrogen-bond acceptors (Lipinski definition) is 2. The van der Waals surface area contributed by atoms with Gasteiger partial charge in [-0.25, -0.2) is 4.79 Å². The number of benzene rings is 1. The Labute approximate surface area is 117 Å². The van der Waals surface area contributed by atoms with Crippen molar-refractivity contribution in [3.8, 4) is 0 Å². The zero-order chi connectivity index (χ0) is 14.0. The molecule has 1 aromatic rings.